The number of likely N-dealkylation sites (N-methyl/N-ethyl adjacent to an activating group) is 2. The summed E-state index contributed by atoms with van der Waals surface area (Å²) in [5.74, 6) is -0.0413. The molecule has 1 amide bonds. The molecule has 0 saturated carbocycles. The predicted molar refractivity (Wildman–Crippen MR) is 66.7 cm³/mol. The Morgan fingerprint density at radius 2 is 2.25 bits per heavy atom. The lowest BCUT2D eigenvalue weighted by atomic mass is 10.1. The molecule has 0 aliphatic heterocycles. The molecule has 0 aliphatic carbocycles. The molecule has 0 unspecified atom stereocenters. The second-order valence-electron chi connectivity index (χ2n) is 3.51. The lowest BCUT2D eigenvalue weighted by Crippen LogP contribution is -2.33. The SMILES string of the molecule is CNC(=O)CN(C)c1ccc(Cl)cc1CN. The fourth-order valence-electron chi connectivity index (χ4n) is 1.47. The van der Waals surface area contributed by atoms with Crippen molar-refractivity contribution in [2.75, 3.05) is 25.5 Å². The van der Waals surface area contributed by atoms with E-state index in [1.807, 2.05) is 24.1 Å². The third-order valence-corrected chi connectivity index (χ3v) is 2.57. The summed E-state index contributed by atoms with van der Waals surface area (Å²) in [7, 11) is 3.46. The zero-order chi connectivity index (χ0) is 12.1. The summed E-state index contributed by atoms with van der Waals surface area (Å²) < 4.78 is 0. The summed E-state index contributed by atoms with van der Waals surface area (Å²) in [6.07, 6.45) is 0. The number of carbonyl (C=O) groups is 1. The van der Waals surface area contributed by atoms with Crippen LogP contribution < -0.4 is 16.0 Å². The maximum absolute atomic E-state index is 11.3. The average Bonchev–Trinajstić information content (AvgIpc) is 2.28. The standard InChI is InChI=1S/C11H16ClN3O/c1-14-11(16)7-15(2)10-4-3-9(12)5-8(10)6-13/h3-5H,6-7,13H2,1-2H3,(H,14,16). The van der Waals surface area contributed by atoms with Gasteiger partial charge in [-0.3, -0.25) is 4.79 Å². The lowest BCUT2D eigenvalue weighted by Gasteiger charge is -2.21. The Hall–Kier alpha value is -1.26. The van der Waals surface area contributed by atoms with Crippen LogP contribution in [0.15, 0.2) is 18.2 Å². The first kappa shape index (κ1) is 12.8. The molecule has 0 fully saturated rings. The van der Waals surface area contributed by atoms with E-state index < -0.39 is 0 Å². The van der Waals surface area contributed by atoms with Gasteiger partial charge in [-0.05, 0) is 23.8 Å². The van der Waals surface area contributed by atoms with Crippen molar-refractivity contribution in [3.63, 3.8) is 0 Å². The van der Waals surface area contributed by atoms with Crippen molar-refractivity contribution in [1.29, 1.82) is 0 Å². The van der Waals surface area contributed by atoms with Crippen LogP contribution in [0.3, 0.4) is 0 Å². The number of nitrogens with one attached hydrogen (secondary N) is 1. The van der Waals surface area contributed by atoms with Gasteiger partial charge in [0.05, 0.1) is 6.54 Å². The first-order valence-corrected chi connectivity index (χ1v) is 5.36. The average molecular weight is 242 g/mol. The number of rotatable bonds is 4. The van der Waals surface area contributed by atoms with E-state index in [2.05, 4.69) is 5.32 Å². The van der Waals surface area contributed by atoms with Crippen LogP contribution in [0.2, 0.25) is 5.02 Å². The van der Waals surface area contributed by atoms with Crippen molar-refractivity contribution in [1.82, 2.24) is 5.32 Å². The molecule has 0 aliphatic rings. The Labute approximate surface area is 100 Å². The van der Waals surface area contributed by atoms with E-state index >= 15 is 0 Å². The number of halogens is 1. The predicted octanol–water partition coefficient (Wildman–Crippen LogP) is 0.981. The van der Waals surface area contributed by atoms with Gasteiger partial charge in [-0.15, -0.1) is 0 Å². The Balaban J connectivity index is 2.90. The van der Waals surface area contributed by atoms with Crippen molar-refractivity contribution in [3.8, 4) is 0 Å². The number of anilines is 1. The lowest BCUT2D eigenvalue weighted by molar-refractivity contribution is -0.119. The van der Waals surface area contributed by atoms with E-state index in [0.717, 1.165) is 11.3 Å². The molecule has 1 aromatic rings. The highest BCUT2D eigenvalue weighted by molar-refractivity contribution is 6.30. The Kier molecular flexibility index (Phi) is 4.58. The molecule has 1 aromatic carbocycles. The zero-order valence-electron chi connectivity index (χ0n) is 9.46. The monoisotopic (exact) mass is 241 g/mol. The maximum Gasteiger partial charge on any atom is 0.239 e. The Morgan fingerprint density at radius 3 is 2.81 bits per heavy atom. The van der Waals surface area contributed by atoms with Gasteiger partial charge in [0, 0.05) is 31.4 Å². The molecule has 0 atom stereocenters. The number of amides is 1. The van der Waals surface area contributed by atoms with E-state index in [4.69, 9.17) is 17.3 Å². The molecule has 0 aromatic heterocycles. The number of hydrogen-bond acceptors (Lipinski definition) is 3. The second kappa shape index (κ2) is 5.72. The second-order valence-corrected chi connectivity index (χ2v) is 3.94. The van der Waals surface area contributed by atoms with Gasteiger partial charge >= 0.3 is 0 Å². The summed E-state index contributed by atoms with van der Waals surface area (Å²) in [5, 5.41) is 3.23. The van der Waals surface area contributed by atoms with E-state index in [9.17, 15) is 4.79 Å². The molecular formula is C11H16ClN3O. The highest BCUT2D eigenvalue weighted by Gasteiger charge is 2.09. The number of nitrogens with two attached hydrogens (primary N) is 1. The Bertz CT molecular complexity index is 381. The van der Waals surface area contributed by atoms with E-state index in [1.165, 1.54) is 0 Å². The molecule has 3 N–H and O–H groups in total. The fourth-order valence-corrected chi connectivity index (χ4v) is 1.66. The van der Waals surface area contributed by atoms with Crippen LogP contribution >= 0.6 is 11.6 Å². The molecule has 0 spiro atoms. The number of carbonyl (C=O) groups excluding carboxylic acids is 1. The van der Waals surface area contributed by atoms with Crippen LogP contribution in [0.5, 0.6) is 0 Å². The summed E-state index contributed by atoms with van der Waals surface area (Å²) in [5.41, 5.74) is 7.49. The minimum absolute atomic E-state index is 0.0413. The van der Waals surface area contributed by atoms with Crippen LogP contribution in [0.4, 0.5) is 5.69 Å². The smallest absolute Gasteiger partial charge is 0.239 e. The Morgan fingerprint density at radius 1 is 1.56 bits per heavy atom. The van der Waals surface area contributed by atoms with Crippen LogP contribution in [-0.2, 0) is 11.3 Å². The largest absolute Gasteiger partial charge is 0.365 e. The number of benzene rings is 1. The molecule has 5 heteroatoms. The van der Waals surface area contributed by atoms with Crippen LogP contribution in [0.25, 0.3) is 0 Å². The van der Waals surface area contributed by atoms with Gasteiger partial charge < -0.3 is 16.0 Å². The van der Waals surface area contributed by atoms with Crippen LogP contribution in [0.1, 0.15) is 5.56 Å². The zero-order valence-corrected chi connectivity index (χ0v) is 10.2. The summed E-state index contributed by atoms with van der Waals surface area (Å²) >= 11 is 5.88. The van der Waals surface area contributed by atoms with Crippen LogP contribution in [-0.4, -0.2) is 26.5 Å². The number of nitrogens with zero attached hydrogens (tertiary/aromatic N) is 1. The molecule has 1 rings (SSSR count). The summed E-state index contributed by atoms with van der Waals surface area (Å²) in [4.78, 5) is 13.1. The minimum atomic E-state index is -0.0413. The van der Waals surface area contributed by atoms with E-state index in [1.54, 1.807) is 13.1 Å². The summed E-state index contributed by atoms with van der Waals surface area (Å²) in [6, 6.07) is 5.47. The highest BCUT2D eigenvalue weighted by Crippen LogP contribution is 2.22. The molecule has 16 heavy (non-hydrogen) atoms. The summed E-state index contributed by atoms with van der Waals surface area (Å²) in [6.45, 7) is 0.694. The van der Waals surface area contributed by atoms with Gasteiger partial charge in [0.25, 0.3) is 0 Å². The van der Waals surface area contributed by atoms with E-state index in [-0.39, 0.29) is 5.91 Å². The van der Waals surface area contributed by atoms with Gasteiger partial charge in [-0.1, -0.05) is 11.6 Å². The van der Waals surface area contributed by atoms with Crippen molar-refractivity contribution in [3.05, 3.63) is 28.8 Å². The van der Waals surface area contributed by atoms with Gasteiger partial charge in [0.15, 0.2) is 0 Å². The highest BCUT2D eigenvalue weighted by atomic mass is 35.5. The maximum atomic E-state index is 11.3. The third-order valence-electron chi connectivity index (χ3n) is 2.33. The van der Waals surface area contributed by atoms with Crippen molar-refractivity contribution >= 4 is 23.2 Å². The fraction of sp³-hybridized carbons (Fsp3) is 0.364. The van der Waals surface area contributed by atoms with Crippen molar-refractivity contribution in [2.45, 2.75) is 6.54 Å². The van der Waals surface area contributed by atoms with Gasteiger partial charge in [-0.25, -0.2) is 0 Å². The van der Waals surface area contributed by atoms with Gasteiger partial charge in [-0.2, -0.15) is 0 Å². The molecule has 0 heterocycles. The van der Waals surface area contributed by atoms with Gasteiger partial charge in [0.2, 0.25) is 5.91 Å². The normalized spacial score (nSPS) is 10.0. The quantitative estimate of drug-likeness (QED) is 0.826. The van der Waals surface area contributed by atoms with Crippen molar-refractivity contribution in [2.24, 2.45) is 5.73 Å². The minimum Gasteiger partial charge on any atom is -0.365 e. The van der Waals surface area contributed by atoms with Crippen LogP contribution in [0, 0.1) is 0 Å². The first-order chi connectivity index (χ1) is 7.58. The number of hydrogen-bond donors (Lipinski definition) is 2. The molecule has 0 saturated heterocycles. The molecule has 88 valence electrons. The molecule has 4 nitrogen and oxygen atoms in total. The molecule has 0 bridgehead atoms. The topological polar surface area (TPSA) is 58.4 Å². The molecule has 0 radical (unpaired) electrons. The van der Waals surface area contributed by atoms with E-state index in [0.29, 0.717) is 18.1 Å². The van der Waals surface area contributed by atoms with Gasteiger partial charge in [0.1, 0.15) is 0 Å². The first-order valence-electron chi connectivity index (χ1n) is 4.98. The third kappa shape index (κ3) is 3.12. The van der Waals surface area contributed by atoms with Crippen molar-refractivity contribution < 1.29 is 4.79 Å². The molecular weight excluding hydrogens is 226 g/mol.